The van der Waals surface area contributed by atoms with Gasteiger partial charge in [0.15, 0.2) is 5.78 Å². The summed E-state index contributed by atoms with van der Waals surface area (Å²) in [5.74, 6) is -0.0521. The van der Waals surface area contributed by atoms with E-state index in [4.69, 9.17) is 0 Å². The average molecular weight is 298 g/mol. The lowest BCUT2D eigenvalue weighted by Gasteiger charge is -2.31. The maximum absolute atomic E-state index is 12.9. The Morgan fingerprint density at radius 1 is 1.09 bits per heavy atom. The molecule has 0 aromatic heterocycles. The molecule has 0 bridgehead atoms. The first-order chi connectivity index (χ1) is 10.6. The Hall–Kier alpha value is -1.94. The third-order valence-electron chi connectivity index (χ3n) is 4.73. The Morgan fingerprint density at radius 3 is 2.50 bits per heavy atom. The van der Waals surface area contributed by atoms with E-state index in [1.807, 2.05) is 37.3 Å². The summed E-state index contributed by atoms with van der Waals surface area (Å²) in [4.78, 5) is 27.7. The van der Waals surface area contributed by atoms with Gasteiger partial charge in [0.05, 0.1) is 17.3 Å². The monoisotopic (exact) mass is 298 g/mol. The summed E-state index contributed by atoms with van der Waals surface area (Å²) in [5.41, 5.74) is 1.72. The molecule has 0 radical (unpaired) electrons. The number of ketones is 1. The molecule has 1 fully saturated rings. The van der Waals surface area contributed by atoms with Gasteiger partial charge >= 0.3 is 0 Å². The molecule has 1 aliphatic carbocycles. The van der Waals surface area contributed by atoms with E-state index in [-0.39, 0.29) is 17.4 Å². The van der Waals surface area contributed by atoms with Gasteiger partial charge in [-0.25, -0.2) is 0 Å². The first-order valence-electron chi connectivity index (χ1n) is 7.97. The van der Waals surface area contributed by atoms with Gasteiger partial charge in [0.25, 0.3) is 5.56 Å². The Morgan fingerprint density at radius 2 is 1.77 bits per heavy atom. The molecule has 1 atom stereocenters. The maximum atomic E-state index is 12.9. The number of hydrogen-bond acceptors (Lipinski definition) is 3. The summed E-state index contributed by atoms with van der Waals surface area (Å²) in [7, 11) is 1.73. The number of likely N-dealkylation sites (tertiary alicyclic amines) is 1. The van der Waals surface area contributed by atoms with E-state index >= 15 is 0 Å². The minimum absolute atomic E-state index is 0.0521. The fraction of sp³-hybridized carbons (Fsp3) is 0.444. The van der Waals surface area contributed by atoms with Crippen LogP contribution in [0.3, 0.4) is 0 Å². The van der Waals surface area contributed by atoms with E-state index in [2.05, 4.69) is 4.90 Å². The van der Waals surface area contributed by atoms with Crippen LogP contribution in [-0.4, -0.2) is 34.4 Å². The average Bonchev–Trinajstić information content (AvgIpc) is 2.73. The molecular weight excluding hydrogens is 276 g/mol. The lowest BCUT2D eigenvalue weighted by Crippen LogP contribution is -2.43. The third-order valence-corrected chi connectivity index (χ3v) is 4.73. The van der Waals surface area contributed by atoms with Gasteiger partial charge in [0.1, 0.15) is 0 Å². The van der Waals surface area contributed by atoms with Gasteiger partial charge in [-0.3, -0.25) is 14.5 Å². The molecule has 4 heteroatoms. The van der Waals surface area contributed by atoms with E-state index in [9.17, 15) is 9.59 Å². The summed E-state index contributed by atoms with van der Waals surface area (Å²) < 4.78 is 1.57. The highest BCUT2D eigenvalue weighted by molar-refractivity contribution is 6.05. The summed E-state index contributed by atoms with van der Waals surface area (Å²) in [6, 6.07) is 9.21. The quantitative estimate of drug-likeness (QED) is 0.818. The van der Waals surface area contributed by atoms with Crippen molar-refractivity contribution in [3.8, 4) is 11.3 Å². The van der Waals surface area contributed by atoms with Crippen LogP contribution in [0.1, 0.15) is 36.5 Å². The highest BCUT2D eigenvalue weighted by Crippen LogP contribution is 2.25. The van der Waals surface area contributed by atoms with Crippen molar-refractivity contribution >= 4 is 5.78 Å². The molecule has 2 heterocycles. The second kappa shape index (κ2) is 6.05. The number of piperidine rings is 1. The minimum atomic E-state index is -0.232. The second-order valence-electron chi connectivity index (χ2n) is 6.09. The molecule has 3 aliphatic rings. The van der Waals surface area contributed by atoms with Gasteiger partial charge in [-0.2, -0.15) is 0 Å². The van der Waals surface area contributed by atoms with E-state index in [0.29, 0.717) is 5.56 Å². The van der Waals surface area contributed by atoms with Gasteiger partial charge in [-0.05, 0) is 38.9 Å². The first-order valence-corrected chi connectivity index (χ1v) is 7.97. The number of nitrogens with zero attached hydrogens (tertiary/aromatic N) is 2. The molecule has 1 saturated heterocycles. The molecule has 116 valence electrons. The Bertz CT molecular complexity index is 714. The number of carbonyl (C=O) groups excluding carboxylic acids is 1. The maximum Gasteiger partial charge on any atom is 0.262 e. The van der Waals surface area contributed by atoms with Crippen LogP contribution in [-0.2, 0) is 7.05 Å². The van der Waals surface area contributed by atoms with Crippen LogP contribution in [0.4, 0.5) is 0 Å². The van der Waals surface area contributed by atoms with Crippen LogP contribution in [0.15, 0.2) is 35.1 Å². The highest BCUT2D eigenvalue weighted by atomic mass is 16.2. The third kappa shape index (κ3) is 2.48. The van der Waals surface area contributed by atoms with Crippen molar-refractivity contribution in [3.05, 3.63) is 46.2 Å². The molecule has 4 nitrogen and oxygen atoms in total. The van der Waals surface area contributed by atoms with Crippen molar-refractivity contribution in [1.29, 1.82) is 0 Å². The number of fused-ring (bicyclic) bond motifs is 1. The Labute approximate surface area is 130 Å². The second-order valence-corrected chi connectivity index (χ2v) is 6.09. The summed E-state index contributed by atoms with van der Waals surface area (Å²) in [5, 5.41) is 0. The normalized spacial score (nSPS) is 17.5. The van der Waals surface area contributed by atoms with Gasteiger partial charge in [0, 0.05) is 12.6 Å². The first kappa shape index (κ1) is 15.0. The fourth-order valence-electron chi connectivity index (χ4n) is 3.35. The molecule has 0 saturated carbocycles. The molecule has 22 heavy (non-hydrogen) atoms. The van der Waals surface area contributed by atoms with Crippen LogP contribution < -0.4 is 5.56 Å². The molecular formula is C18H22N2O2. The van der Waals surface area contributed by atoms with Gasteiger partial charge in [-0.1, -0.05) is 30.7 Å². The van der Waals surface area contributed by atoms with E-state index in [1.54, 1.807) is 11.6 Å². The van der Waals surface area contributed by atoms with Crippen LogP contribution in [0, 0.1) is 0 Å². The predicted octanol–water partition coefficient (Wildman–Crippen LogP) is 2.55. The SMILES string of the molecule is CC(C(=O)c1c2cccccc-2n(C)c1=O)N1CCCCC1. The summed E-state index contributed by atoms with van der Waals surface area (Å²) in [6.45, 7) is 3.81. The van der Waals surface area contributed by atoms with Crippen molar-refractivity contribution in [1.82, 2.24) is 9.47 Å². The number of aromatic nitrogens is 1. The topological polar surface area (TPSA) is 42.3 Å². The molecule has 3 rings (SSSR count). The van der Waals surface area contributed by atoms with E-state index < -0.39 is 0 Å². The molecule has 0 aromatic carbocycles. The molecule has 0 N–H and O–H groups in total. The lowest BCUT2D eigenvalue weighted by atomic mass is 9.99. The predicted molar refractivity (Wildman–Crippen MR) is 87.5 cm³/mol. The van der Waals surface area contributed by atoms with Crippen LogP contribution in [0.5, 0.6) is 0 Å². The molecule has 1 unspecified atom stereocenters. The van der Waals surface area contributed by atoms with Crippen LogP contribution in [0.25, 0.3) is 11.3 Å². The minimum Gasteiger partial charge on any atom is -0.311 e. The lowest BCUT2D eigenvalue weighted by molar-refractivity contribution is 0.0808. The van der Waals surface area contributed by atoms with Crippen molar-refractivity contribution in [3.63, 3.8) is 0 Å². The van der Waals surface area contributed by atoms with Crippen LogP contribution >= 0.6 is 0 Å². The van der Waals surface area contributed by atoms with Crippen molar-refractivity contribution in [2.75, 3.05) is 13.1 Å². The molecule has 0 spiro atoms. The fourth-order valence-corrected chi connectivity index (χ4v) is 3.35. The van der Waals surface area contributed by atoms with Gasteiger partial charge < -0.3 is 4.57 Å². The molecule has 0 aromatic rings. The van der Waals surface area contributed by atoms with Crippen molar-refractivity contribution in [2.24, 2.45) is 7.05 Å². The Kier molecular flexibility index (Phi) is 4.12. The van der Waals surface area contributed by atoms with Crippen LogP contribution in [0.2, 0.25) is 0 Å². The number of rotatable bonds is 3. The Balaban J connectivity index is 2.02. The molecule has 2 aliphatic heterocycles. The highest BCUT2D eigenvalue weighted by Gasteiger charge is 2.30. The number of hydrogen-bond donors (Lipinski definition) is 0. The van der Waals surface area contributed by atoms with Gasteiger partial charge in [0.2, 0.25) is 0 Å². The van der Waals surface area contributed by atoms with E-state index in [0.717, 1.165) is 37.2 Å². The smallest absolute Gasteiger partial charge is 0.262 e. The number of carbonyl (C=O) groups is 1. The zero-order valence-electron chi connectivity index (χ0n) is 13.2. The summed E-state index contributed by atoms with van der Waals surface area (Å²) in [6.07, 6.45) is 3.49. The summed E-state index contributed by atoms with van der Waals surface area (Å²) >= 11 is 0. The zero-order valence-corrected chi connectivity index (χ0v) is 13.2. The van der Waals surface area contributed by atoms with Crippen molar-refractivity contribution in [2.45, 2.75) is 32.2 Å². The van der Waals surface area contributed by atoms with E-state index in [1.165, 1.54) is 6.42 Å². The van der Waals surface area contributed by atoms with Gasteiger partial charge in [-0.15, -0.1) is 0 Å². The molecule has 0 amide bonds. The number of Topliss-reactive ketones (excluding diaryl/α,β-unsaturated/α-hetero) is 1. The zero-order chi connectivity index (χ0) is 15.7. The standard InChI is InChI=1S/C18H22N2O2/c1-13(20-11-7-4-8-12-20)17(21)16-14-9-5-3-6-10-15(14)19(2)18(16)22/h3,5-6,9-10,13H,4,7-8,11-12H2,1-2H3. The van der Waals surface area contributed by atoms with Crippen molar-refractivity contribution < 1.29 is 4.79 Å². The largest absolute Gasteiger partial charge is 0.311 e.